The lowest BCUT2D eigenvalue weighted by Gasteiger charge is -2.33. The smallest absolute Gasteiger partial charge is 0.327 e. The fourth-order valence-corrected chi connectivity index (χ4v) is 1.93. The number of esters is 1. The van der Waals surface area contributed by atoms with E-state index in [0.29, 0.717) is 39.6 Å². The molecule has 126 valence electrons. The van der Waals surface area contributed by atoms with Crippen LogP contribution < -0.4 is 5.32 Å². The molecule has 0 amide bonds. The van der Waals surface area contributed by atoms with Gasteiger partial charge in [0.2, 0.25) is 0 Å². The SMILES string of the molecule is CCOCCN(CCOCC)CC(C)(NC)C(=O)OCC. The Kier molecular flexibility index (Phi) is 11.5. The van der Waals surface area contributed by atoms with Gasteiger partial charge in [0.1, 0.15) is 5.54 Å². The van der Waals surface area contributed by atoms with Crippen LogP contribution >= 0.6 is 0 Å². The van der Waals surface area contributed by atoms with E-state index in [-0.39, 0.29) is 5.97 Å². The highest BCUT2D eigenvalue weighted by atomic mass is 16.5. The van der Waals surface area contributed by atoms with Crippen molar-refractivity contribution in [2.45, 2.75) is 33.2 Å². The number of nitrogens with zero attached hydrogens (tertiary/aromatic N) is 1. The van der Waals surface area contributed by atoms with Crippen LogP contribution in [0.15, 0.2) is 0 Å². The predicted octanol–water partition coefficient (Wildman–Crippen LogP) is 0.903. The van der Waals surface area contributed by atoms with E-state index in [9.17, 15) is 4.79 Å². The highest BCUT2D eigenvalue weighted by Crippen LogP contribution is 2.09. The molecule has 0 aromatic carbocycles. The minimum Gasteiger partial charge on any atom is -0.465 e. The number of hydrogen-bond acceptors (Lipinski definition) is 6. The fraction of sp³-hybridized carbons (Fsp3) is 0.933. The second-order valence-electron chi connectivity index (χ2n) is 4.97. The molecule has 0 aromatic rings. The van der Waals surface area contributed by atoms with E-state index >= 15 is 0 Å². The summed E-state index contributed by atoms with van der Waals surface area (Å²) in [7, 11) is 1.78. The third-order valence-electron chi connectivity index (χ3n) is 3.33. The Hall–Kier alpha value is -0.690. The van der Waals surface area contributed by atoms with Crippen molar-refractivity contribution < 1.29 is 19.0 Å². The molecule has 6 heteroatoms. The number of carbonyl (C=O) groups excluding carboxylic acids is 1. The van der Waals surface area contributed by atoms with E-state index in [1.165, 1.54) is 0 Å². The zero-order valence-electron chi connectivity index (χ0n) is 14.2. The van der Waals surface area contributed by atoms with Gasteiger partial charge in [0, 0.05) is 32.8 Å². The van der Waals surface area contributed by atoms with Gasteiger partial charge >= 0.3 is 5.97 Å². The molecule has 0 heterocycles. The van der Waals surface area contributed by atoms with Crippen LogP contribution in [-0.2, 0) is 19.0 Å². The average Bonchev–Trinajstić information content (AvgIpc) is 2.47. The van der Waals surface area contributed by atoms with E-state index in [2.05, 4.69) is 10.2 Å². The van der Waals surface area contributed by atoms with Gasteiger partial charge in [0.05, 0.1) is 19.8 Å². The second kappa shape index (κ2) is 11.9. The Balaban J connectivity index is 4.58. The first-order valence-electron chi connectivity index (χ1n) is 7.78. The molecule has 1 unspecified atom stereocenters. The quantitative estimate of drug-likeness (QED) is 0.403. The Labute approximate surface area is 129 Å². The van der Waals surface area contributed by atoms with Crippen LogP contribution in [0.4, 0.5) is 0 Å². The first-order chi connectivity index (χ1) is 10.0. The minimum atomic E-state index is -0.728. The predicted molar refractivity (Wildman–Crippen MR) is 83.5 cm³/mol. The van der Waals surface area contributed by atoms with Crippen LogP contribution in [0.5, 0.6) is 0 Å². The van der Waals surface area contributed by atoms with Crippen molar-refractivity contribution in [1.82, 2.24) is 10.2 Å². The number of ether oxygens (including phenoxy) is 3. The number of likely N-dealkylation sites (N-methyl/N-ethyl adjacent to an activating group) is 1. The Bertz CT molecular complexity index is 266. The summed E-state index contributed by atoms with van der Waals surface area (Å²) in [4.78, 5) is 14.3. The van der Waals surface area contributed by atoms with E-state index in [1.54, 1.807) is 7.05 Å². The monoisotopic (exact) mass is 304 g/mol. The summed E-state index contributed by atoms with van der Waals surface area (Å²) in [5, 5.41) is 3.08. The van der Waals surface area contributed by atoms with Crippen LogP contribution in [0.2, 0.25) is 0 Å². The molecule has 1 atom stereocenters. The molecule has 0 saturated carbocycles. The first-order valence-corrected chi connectivity index (χ1v) is 7.78. The van der Waals surface area contributed by atoms with Crippen molar-refractivity contribution in [1.29, 1.82) is 0 Å². The van der Waals surface area contributed by atoms with Crippen molar-refractivity contribution in [3.63, 3.8) is 0 Å². The highest BCUT2D eigenvalue weighted by molar-refractivity contribution is 5.80. The summed E-state index contributed by atoms with van der Waals surface area (Å²) >= 11 is 0. The molecule has 0 radical (unpaired) electrons. The molecule has 0 aliphatic carbocycles. The van der Waals surface area contributed by atoms with Crippen LogP contribution in [0, 0.1) is 0 Å². The number of hydrogen-bond donors (Lipinski definition) is 1. The standard InChI is InChI=1S/C15H32N2O4/c1-6-19-11-9-17(10-12-20-7-2)13-15(4,16-5)14(18)21-8-3/h16H,6-13H2,1-5H3. The van der Waals surface area contributed by atoms with E-state index in [4.69, 9.17) is 14.2 Å². The summed E-state index contributed by atoms with van der Waals surface area (Å²) in [6.45, 7) is 12.8. The zero-order chi connectivity index (χ0) is 16.1. The molecule has 0 spiro atoms. The lowest BCUT2D eigenvalue weighted by molar-refractivity contribution is -0.151. The van der Waals surface area contributed by atoms with Crippen LogP contribution in [0.3, 0.4) is 0 Å². The third-order valence-corrected chi connectivity index (χ3v) is 3.33. The lowest BCUT2D eigenvalue weighted by atomic mass is 10.0. The van der Waals surface area contributed by atoms with Gasteiger partial charge < -0.3 is 19.5 Å². The molecule has 0 saturated heterocycles. The normalized spacial score (nSPS) is 14.2. The van der Waals surface area contributed by atoms with E-state index in [0.717, 1.165) is 13.1 Å². The zero-order valence-corrected chi connectivity index (χ0v) is 14.2. The first kappa shape index (κ1) is 20.3. The average molecular weight is 304 g/mol. The van der Waals surface area contributed by atoms with Gasteiger partial charge in [-0.1, -0.05) is 0 Å². The maximum atomic E-state index is 12.1. The highest BCUT2D eigenvalue weighted by Gasteiger charge is 2.34. The van der Waals surface area contributed by atoms with Crippen LogP contribution in [0.1, 0.15) is 27.7 Å². The van der Waals surface area contributed by atoms with Gasteiger partial charge in [-0.25, -0.2) is 0 Å². The molecule has 0 aliphatic heterocycles. The fourth-order valence-electron chi connectivity index (χ4n) is 1.93. The maximum absolute atomic E-state index is 12.1. The van der Waals surface area contributed by atoms with Gasteiger partial charge in [-0.15, -0.1) is 0 Å². The summed E-state index contributed by atoms with van der Waals surface area (Å²) in [6.07, 6.45) is 0. The molecular formula is C15H32N2O4. The van der Waals surface area contributed by atoms with Crippen LogP contribution in [-0.4, -0.2) is 76.1 Å². The topological polar surface area (TPSA) is 60.0 Å². The third kappa shape index (κ3) is 8.36. The van der Waals surface area contributed by atoms with Crippen molar-refractivity contribution >= 4 is 5.97 Å². The molecule has 0 fully saturated rings. The van der Waals surface area contributed by atoms with Crippen molar-refractivity contribution in [3.05, 3.63) is 0 Å². The van der Waals surface area contributed by atoms with Gasteiger partial charge in [-0.3, -0.25) is 9.69 Å². The maximum Gasteiger partial charge on any atom is 0.327 e. The lowest BCUT2D eigenvalue weighted by Crippen LogP contribution is -2.57. The van der Waals surface area contributed by atoms with Crippen LogP contribution in [0.25, 0.3) is 0 Å². The molecule has 0 aromatic heterocycles. The van der Waals surface area contributed by atoms with Crippen molar-refractivity contribution in [2.24, 2.45) is 0 Å². The molecule has 0 rings (SSSR count). The second-order valence-corrected chi connectivity index (χ2v) is 4.97. The molecule has 1 N–H and O–H groups in total. The van der Waals surface area contributed by atoms with Gasteiger partial charge in [-0.05, 0) is 34.7 Å². The number of rotatable bonds is 13. The van der Waals surface area contributed by atoms with E-state index < -0.39 is 5.54 Å². The summed E-state index contributed by atoms with van der Waals surface area (Å²) in [5.74, 6) is -0.231. The summed E-state index contributed by atoms with van der Waals surface area (Å²) < 4.78 is 16.0. The van der Waals surface area contributed by atoms with Gasteiger partial charge in [0.15, 0.2) is 0 Å². The van der Waals surface area contributed by atoms with Crippen molar-refractivity contribution in [2.75, 3.05) is 59.7 Å². The Morgan fingerprint density at radius 3 is 1.95 bits per heavy atom. The van der Waals surface area contributed by atoms with E-state index in [1.807, 2.05) is 27.7 Å². The molecular weight excluding hydrogens is 272 g/mol. The molecule has 6 nitrogen and oxygen atoms in total. The largest absolute Gasteiger partial charge is 0.465 e. The minimum absolute atomic E-state index is 0.231. The van der Waals surface area contributed by atoms with Crippen molar-refractivity contribution in [3.8, 4) is 0 Å². The number of carbonyl (C=O) groups is 1. The summed E-state index contributed by atoms with van der Waals surface area (Å²) in [6, 6.07) is 0. The molecule has 0 aliphatic rings. The van der Waals surface area contributed by atoms with Gasteiger partial charge in [-0.2, -0.15) is 0 Å². The summed E-state index contributed by atoms with van der Waals surface area (Å²) in [5.41, 5.74) is -0.728. The van der Waals surface area contributed by atoms with Gasteiger partial charge in [0.25, 0.3) is 0 Å². The molecule has 0 bridgehead atoms. The number of nitrogens with one attached hydrogen (secondary N) is 1. The Morgan fingerprint density at radius 2 is 1.57 bits per heavy atom. The molecule has 21 heavy (non-hydrogen) atoms. The Morgan fingerprint density at radius 1 is 1.05 bits per heavy atom.